The highest BCUT2D eigenvalue weighted by Crippen LogP contribution is 2.60. The highest BCUT2D eigenvalue weighted by Gasteiger charge is 2.51. The van der Waals surface area contributed by atoms with Gasteiger partial charge in [0.1, 0.15) is 60.0 Å². The first-order valence-electron chi connectivity index (χ1n) is 37.5. The molecule has 5 saturated heterocycles. The smallest absolute Gasteiger partial charge is 0.351 e. The third-order valence-corrected chi connectivity index (χ3v) is 33.5. The Bertz CT molecular complexity index is 5320. The van der Waals surface area contributed by atoms with Crippen LogP contribution in [0.2, 0.25) is 0 Å². The molecule has 0 amide bonds. The van der Waals surface area contributed by atoms with Crippen molar-refractivity contribution in [3.05, 3.63) is 93.3 Å². The molecule has 0 bridgehead atoms. The van der Waals surface area contributed by atoms with Crippen LogP contribution in [-0.4, -0.2) is 336 Å². The molecule has 9 N–H and O–H groups in total. The van der Waals surface area contributed by atoms with Gasteiger partial charge in [-0.1, -0.05) is 6.92 Å². The molecule has 48 nitrogen and oxygen atoms in total. The van der Waals surface area contributed by atoms with Gasteiger partial charge in [0.25, 0.3) is 13.1 Å². The molecule has 5 fully saturated rings. The number of nitrogens with two attached hydrogens (primary N) is 4. The third kappa shape index (κ3) is 18.1. The molecule has 8 aromatic rings. The molecule has 8 aromatic heterocycles. The number of nitrogens with one attached hydrogen (secondary N) is 1. The Morgan fingerprint density at radius 1 is 0.453 bits per heavy atom. The van der Waals surface area contributed by atoms with E-state index < -0.39 is 137 Å². The lowest BCUT2D eigenvalue weighted by Gasteiger charge is -2.46. The Balaban J connectivity index is 0.777. The predicted octanol–water partition coefficient (Wildman–Crippen LogP) is 1.89. The minimum absolute atomic E-state index is 0.0599. The quantitative estimate of drug-likeness (QED) is 0.0387. The molecule has 117 heavy (non-hydrogen) atoms. The topological polar surface area (TPSA) is 535 Å². The van der Waals surface area contributed by atoms with Gasteiger partial charge in [-0.2, -0.15) is 4.98 Å². The number of H-pyrrole nitrogens is 1. The van der Waals surface area contributed by atoms with E-state index in [1.807, 2.05) is 0 Å². The summed E-state index contributed by atoms with van der Waals surface area (Å²) in [7, 11) is -4.76. The largest absolute Gasteiger partial charge is 0.383 e. The van der Waals surface area contributed by atoms with E-state index in [0.29, 0.717) is 29.9 Å². The van der Waals surface area contributed by atoms with Crippen LogP contribution in [0.25, 0.3) is 33.5 Å². The van der Waals surface area contributed by atoms with Crippen LogP contribution < -0.4 is 39.9 Å². The molecule has 13 rings (SSSR count). The van der Waals surface area contributed by atoms with E-state index in [1.165, 1.54) is 118 Å². The first kappa shape index (κ1) is 87.6. The van der Waals surface area contributed by atoms with Gasteiger partial charge in [0.15, 0.2) is 46.9 Å². The summed E-state index contributed by atoms with van der Waals surface area (Å²) in [5.74, 6) is 0.302. The van der Waals surface area contributed by atoms with Crippen LogP contribution >= 0.6 is 38.2 Å². The summed E-state index contributed by atoms with van der Waals surface area (Å²) >= 11 is 0. The maximum atomic E-state index is 16.5. The Morgan fingerprint density at radius 3 is 1.12 bits per heavy atom. The molecule has 5 unspecified atom stereocenters. The van der Waals surface area contributed by atoms with Gasteiger partial charge in [-0.05, 0) is 97.3 Å². The summed E-state index contributed by atoms with van der Waals surface area (Å²) in [6.07, 6.45) is 1.13. The van der Waals surface area contributed by atoms with Crippen molar-refractivity contribution in [2.24, 2.45) is 0 Å². The SMILES string of the molecule is CCP(=O)(OC[C@@H]1CN(P(=O)(OC[C@@H]2CN(P(=O)(OC[C@@H]3CN(P(=O)(OC[C@@H]4CN(P(=O)(OC[C@@H]5CN(C(C)C)C[C@H](n6cnc7c(N)ncnc76)O5)N(C)C)C[C@H](n5cnc6c(N)ncnc65)O4)N(C)C)C[C@H](n4cnc5c(N)ncnc54)O3)N(C)C)C[C@H](n3ccc(N)nc3=O)O2)N(C)C)C[C@H](n2cc(C)c(=O)[nH]c2=O)O1)N(C)C. The summed E-state index contributed by atoms with van der Waals surface area (Å²) in [6, 6.07) is 1.45. The number of rotatable bonds is 31. The van der Waals surface area contributed by atoms with Crippen LogP contribution in [0.4, 0.5) is 23.3 Å². The molecule has 5 aliphatic heterocycles. The standard InChI is InChI=1S/C64H103N30O18P5/c1-15-113(98,80(5)6)103-29-43-20-87(26-50(110-43)91-18-41(4)62(95)79-64(91)97)115(100,82(9)10)105-31-44-21-86(25-49(109-44)90-17-16-47(65)78-63(90)96)114(99,81(7)8)106-32-46-23-89(28-52(112-46)94-39-77-55-58(68)71-36-74-61(55)94)117(102,84(13)14)107-33-45-22-88(27-51(111-45)93-38-76-54-57(67)70-35-73-60(54)93)116(101,83(11)12)104-30-42-19-85(40(2)3)24-48(108-42)92-37-75-53-56(66)69-34-72-59(53)92/h16-18,34-40,42-46,48-52H,15,19-33H2,1-14H3,(H2,65,78,96)(H2,66,69,72)(H2,67,70,73)(H2,68,71,74)(H,79,95,97)/t42-,43-,44-,45-,46-,48+,49+,50+,51+,52+,113?,114?,115?,116?,117?/m0/s1. The van der Waals surface area contributed by atoms with Crippen molar-refractivity contribution in [1.29, 1.82) is 0 Å². The number of aromatic amines is 1. The molecule has 5 aliphatic rings. The highest BCUT2D eigenvalue weighted by atomic mass is 31.2. The van der Waals surface area contributed by atoms with Crippen molar-refractivity contribution in [2.75, 3.05) is 198 Å². The number of anilines is 4. The summed E-state index contributed by atoms with van der Waals surface area (Å²) in [6.45, 7) is 4.96. The van der Waals surface area contributed by atoms with Gasteiger partial charge in [-0.15, -0.1) is 0 Å². The summed E-state index contributed by atoms with van der Waals surface area (Å²) < 4.78 is 166. The number of fused-ring (bicyclic) bond motifs is 3. The van der Waals surface area contributed by atoms with Gasteiger partial charge in [0.05, 0.1) is 109 Å². The Kier molecular flexibility index (Phi) is 26.5. The molecule has 0 aliphatic carbocycles. The van der Waals surface area contributed by atoms with Crippen molar-refractivity contribution in [3.8, 4) is 0 Å². The van der Waals surface area contributed by atoms with E-state index in [9.17, 15) is 18.9 Å². The lowest BCUT2D eigenvalue weighted by Crippen LogP contribution is -2.51. The van der Waals surface area contributed by atoms with E-state index in [0.717, 1.165) is 9.13 Å². The fraction of sp³-hybridized carbons (Fsp3) is 0.641. The molecule has 0 aromatic carbocycles. The van der Waals surface area contributed by atoms with Gasteiger partial charge in [0.2, 0.25) is 0 Å². The van der Waals surface area contributed by atoms with Crippen molar-refractivity contribution in [3.63, 3.8) is 0 Å². The van der Waals surface area contributed by atoms with Crippen LogP contribution in [-0.2, 0) is 69.1 Å². The monoisotopic (exact) mass is 1730 g/mol. The minimum atomic E-state index is -4.41. The molecule has 53 heteroatoms. The molecule has 0 saturated carbocycles. The zero-order valence-corrected chi connectivity index (χ0v) is 71.9. The molecule has 13 heterocycles. The number of aromatic nitrogens is 16. The molecule has 15 atom stereocenters. The fourth-order valence-electron chi connectivity index (χ4n) is 14.4. The van der Waals surface area contributed by atoms with Crippen molar-refractivity contribution < 1.29 is 69.1 Å². The first-order valence-corrected chi connectivity index (χ1v) is 45.4. The lowest BCUT2D eigenvalue weighted by atomic mass is 10.2. The van der Waals surface area contributed by atoms with Crippen LogP contribution in [0.3, 0.4) is 0 Å². The maximum absolute atomic E-state index is 16.5. The number of ether oxygens (including phenoxy) is 5. The Morgan fingerprint density at radius 2 is 0.786 bits per heavy atom. The second-order valence-corrected chi connectivity index (χ2v) is 43.4. The van der Waals surface area contributed by atoms with Crippen molar-refractivity contribution >= 4 is 95.0 Å². The van der Waals surface area contributed by atoms with E-state index in [4.69, 9.17) is 69.2 Å². The number of aryl methyl sites for hydroxylation is 1. The third-order valence-electron chi connectivity index (χ3n) is 20.8. The Labute approximate surface area is 672 Å². The number of nitrogens with zero attached hydrogens (tertiary/aromatic N) is 25. The first-order chi connectivity index (χ1) is 55.4. The van der Waals surface area contributed by atoms with Gasteiger partial charge in [-0.25, -0.2) is 96.5 Å². The van der Waals surface area contributed by atoms with Crippen LogP contribution in [0.1, 0.15) is 57.5 Å². The number of morpholine rings is 5. The maximum Gasteiger partial charge on any atom is 0.351 e. The summed E-state index contributed by atoms with van der Waals surface area (Å²) in [5.41, 5.74) is 24.8. The highest BCUT2D eigenvalue weighted by molar-refractivity contribution is 7.56. The van der Waals surface area contributed by atoms with E-state index in [1.54, 1.807) is 78.6 Å². The lowest BCUT2D eigenvalue weighted by molar-refractivity contribution is -0.140. The predicted molar refractivity (Wildman–Crippen MR) is 427 cm³/mol. The second-order valence-electron chi connectivity index (χ2n) is 30.0. The van der Waals surface area contributed by atoms with Crippen LogP contribution in [0.5, 0.6) is 0 Å². The van der Waals surface area contributed by atoms with Gasteiger partial charge in [0, 0.05) is 69.4 Å². The Hall–Kier alpha value is -7.24. The van der Waals surface area contributed by atoms with Gasteiger partial charge >= 0.3 is 42.1 Å². The number of imidazole rings is 3. The molecular weight excluding hydrogens is 1630 g/mol. The number of hydrogen-bond donors (Lipinski definition) is 5. The van der Waals surface area contributed by atoms with Gasteiger partial charge < -0.3 is 69.2 Å². The van der Waals surface area contributed by atoms with E-state index in [2.05, 4.69) is 73.6 Å². The fourth-order valence-corrected chi connectivity index (χ4v) is 23.8. The number of nitrogen functional groups attached to an aromatic ring is 4. The van der Waals surface area contributed by atoms with Crippen molar-refractivity contribution in [1.82, 2.24) is 125 Å². The molecule has 642 valence electrons. The zero-order valence-electron chi connectivity index (χ0n) is 67.4. The zero-order chi connectivity index (χ0) is 84.1. The molecular formula is C64H103N30O18P5. The van der Waals surface area contributed by atoms with E-state index >= 15 is 18.3 Å². The van der Waals surface area contributed by atoms with Crippen LogP contribution in [0.15, 0.2) is 70.8 Å². The average Bonchev–Trinajstić information content (AvgIpc) is 1.76. The average molecular weight is 1740 g/mol. The summed E-state index contributed by atoms with van der Waals surface area (Å²) in [4.78, 5) is 87.9. The summed E-state index contributed by atoms with van der Waals surface area (Å²) in [5, 5.41) is 0. The normalized spacial score (nSPS) is 26.1. The van der Waals surface area contributed by atoms with Crippen LogP contribution in [0, 0.1) is 6.92 Å². The van der Waals surface area contributed by atoms with Gasteiger partial charge in [-0.3, -0.25) is 60.3 Å². The second kappa shape index (κ2) is 35.4. The van der Waals surface area contributed by atoms with E-state index in [-0.39, 0.29) is 123 Å². The van der Waals surface area contributed by atoms with Crippen molar-refractivity contribution in [2.45, 2.75) is 95.4 Å². The molecule has 0 spiro atoms. The molecule has 0 radical (unpaired) electrons. The minimum Gasteiger partial charge on any atom is -0.383 e. The number of hydrogen-bond acceptors (Lipinski definition) is 33.